The molecule has 2 heterocycles. The zero-order chi connectivity index (χ0) is 22.7. The zero-order valence-corrected chi connectivity index (χ0v) is 19.4. The summed E-state index contributed by atoms with van der Waals surface area (Å²) in [5.74, 6) is 2.12. The number of benzene rings is 1. The third-order valence-corrected chi connectivity index (χ3v) is 6.29. The summed E-state index contributed by atoms with van der Waals surface area (Å²) in [7, 11) is 5.67. The number of methoxy groups -OCH3 is 1. The van der Waals surface area contributed by atoms with Crippen LogP contribution in [0, 0.1) is 6.92 Å². The number of rotatable bonds is 6. The fraction of sp³-hybridized carbons (Fsp3) is 0.480. The minimum absolute atomic E-state index is 0.0330. The SMILES string of the molecule is CNC1CCCc2c(OC)cccc21.Cc1cc(OCC=O)nc2c1c(C1CC1)nn2C. The lowest BCUT2D eigenvalue weighted by atomic mass is 9.87. The minimum Gasteiger partial charge on any atom is -0.496 e. The van der Waals surface area contributed by atoms with Crippen LogP contribution in [0.2, 0.25) is 0 Å². The molecule has 1 saturated carbocycles. The fourth-order valence-electron chi connectivity index (χ4n) is 4.58. The van der Waals surface area contributed by atoms with E-state index >= 15 is 0 Å². The third kappa shape index (κ3) is 4.48. The maximum atomic E-state index is 10.3. The summed E-state index contributed by atoms with van der Waals surface area (Å²) >= 11 is 0. The van der Waals surface area contributed by atoms with E-state index in [2.05, 4.69) is 33.6 Å². The highest BCUT2D eigenvalue weighted by Gasteiger charge is 2.30. The molecule has 2 aliphatic rings. The third-order valence-electron chi connectivity index (χ3n) is 6.29. The van der Waals surface area contributed by atoms with Gasteiger partial charge in [-0.15, -0.1) is 0 Å². The largest absolute Gasteiger partial charge is 0.496 e. The van der Waals surface area contributed by atoms with Crippen LogP contribution in [0.25, 0.3) is 11.0 Å². The number of nitrogens with zero attached hydrogens (tertiary/aromatic N) is 3. The van der Waals surface area contributed by atoms with Crippen LogP contribution >= 0.6 is 0 Å². The van der Waals surface area contributed by atoms with E-state index in [1.807, 2.05) is 27.1 Å². The Labute approximate surface area is 189 Å². The Balaban J connectivity index is 0.000000158. The monoisotopic (exact) mass is 436 g/mol. The first kappa shape index (κ1) is 22.3. The second-order valence-electron chi connectivity index (χ2n) is 8.50. The lowest BCUT2D eigenvalue weighted by Gasteiger charge is -2.26. The molecule has 170 valence electrons. The van der Waals surface area contributed by atoms with Gasteiger partial charge in [0, 0.05) is 30.5 Å². The van der Waals surface area contributed by atoms with E-state index < -0.39 is 0 Å². The van der Waals surface area contributed by atoms with Gasteiger partial charge in [0.2, 0.25) is 5.88 Å². The Morgan fingerprint density at radius 1 is 1.28 bits per heavy atom. The average molecular weight is 437 g/mol. The molecule has 0 spiro atoms. The maximum Gasteiger partial charge on any atom is 0.215 e. The van der Waals surface area contributed by atoms with Crippen molar-refractivity contribution in [3.05, 3.63) is 46.6 Å². The van der Waals surface area contributed by atoms with Gasteiger partial charge in [0.15, 0.2) is 11.9 Å². The van der Waals surface area contributed by atoms with E-state index in [1.165, 1.54) is 36.8 Å². The molecule has 1 fully saturated rings. The Morgan fingerprint density at radius 3 is 2.78 bits per heavy atom. The fourth-order valence-corrected chi connectivity index (χ4v) is 4.58. The minimum atomic E-state index is 0.0330. The first-order chi connectivity index (χ1) is 15.6. The zero-order valence-electron chi connectivity index (χ0n) is 19.4. The van der Waals surface area contributed by atoms with Gasteiger partial charge in [0.05, 0.1) is 12.8 Å². The molecule has 3 aromatic rings. The number of nitrogens with one attached hydrogen (secondary N) is 1. The molecule has 7 heteroatoms. The quantitative estimate of drug-likeness (QED) is 0.588. The highest BCUT2D eigenvalue weighted by Crippen LogP contribution is 2.43. The molecule has 1 atom stereocenters. The molecule has 2 aliphatic carbocycles. The molecule has 1 unspecified atom stereocenters. The molecule has 1 N–H and O–H groups in total. The molecule has 5 rings (SSSR count). The maximum absolute atomic E-state index is 10.3. The summed E-state index contributed by atoms with van der Waals surface area (Å²) in [4.78, 5) is 14.7. The smallest absolute Gasteiger partial charge is 0.215 e. The second kappa shape index (κ2) is 9.69. The van der Waals surface area contributed by atoms with E-state index in [0.717, 1.165) is 40.7 Å². The van der Waals surface area contributed by atoms with E-state index in [-0.39, 0.29) is 6.61 Å². The van der Waals surface area contributed by atoms with Gasteiger partial charge in [0.25, 0.3) is 0 Å². The van der Waals surface area contributed by atoms with Crippen molar-refractivity contribution in [3.8, 4) is 11.6 Å². The number of carbonyl (C=O) groups excluding carboxylic acids is 1. The van der Waals surface area contributed by atoms with Crippen molar-refractivity contribution in [1.82, 2.24) is 20.1 Å². The predicted octanol–water partition coefficient (Wildman–Crippen LogP) is 4.02. The lowest BCUT2D eigenvalue weighted by molar-refractivity contribution is -0.109. The molecule has 0 saturated heterocycles. The number of aromatic nitrogens is 3. The van der Waals surface area contributed by atoms with Crippen molar-refractivity contribution >= 4 is 17.3 Å². The molecule has 32 heavy (non-hydrogen) atoms. The lowest BCUT2D eigenvalue weighted by Crippen LogP contribution is -2.21. The summed E-state index contributed by atoms with van der Waals surface area (Å²) in [5, 5.41) is 9.06. The summed E-state index contributed by atoms with van der Waals surface area (Å²) in [6, 6.07) is 8.72. The van der Waals surface area contributed by atoms with Crippen molar-refractivity contribution in [2.45, 2.75) is 51.0 Å². The molecular weight excluding hydrogens is 404 g/mol. The standard InChI is InChI=1S/C13H15N3O2.C12H17NO/c1-8-7-10(18-6-5-17)14-13-11(8)12(9-3-4-9)15-16(13)2;1-13-11-7-3-6-10-9(11)5-4-8-12(10)14-2/h5,7,9H,3-4,6H2,1-2H3;4-5,8,11,13H,3,6-7H2,1-2H3. The number of aryl methyl sites for hydroxylation is 2. The molecule has 7 nitrogen and oxygen atoms in total. The molecule has 0 aliphatic heterocycles. The Kier molecular flexibility index (Phi) is 6.74. The number of carbonyl (C=O) groups is 1. The summed E-state index contributed by atoms with van der Waals surface area (Å²) in [5.41, 5.74) is 5.90. The van der Waals surface area contributed by atoms with Crippen LogP contribution < -0.4 is 14.8 Å². The van der Waals surface area contributed by atoms with E-state index in [0.29, 0.717) is 17.8 Å². The summed E-state index contributed by atoms with van der Waals surface area (Å²) in [6.07, 6.45) is 6.79. The van der Waals surface area contributed by atoms with Crippen molar-refractivity contribution in [2.75, 3.05) is 20.8 Å². The number of fused-ring (bicyclic) bond motifs is 2. The van der Waals surface area contributed by atoms with Crippen molar-refractivity contribution in [2.24, 2.45) is 7.05 Å². The van der Waals surface area contributed by atoms with E-state index in [4.69, 9.17) is 9.47 Å². The van der Waals surface area contributed by atoms with Crippen molar-refractivity contribution in [3.63, 3.8) is 0 Å². The van der Waals surface area contributed by atoms with Crippen LogP contribution in [0.15, 0.2) is 24.3 Å². The first-order valence-electron chi connectivity index (χ1n) is 11.3. The van der Waals surface area contributed by atoms with Crippen molar-refractivity contribution < 1.29 is 14.3 Å². The Morgan fingerprint density at radius 2 is 2.09 bits per heavy atom. The molecule has 0 radical (unpaired) electrons. The van der Waals surface area contributed by atoms with E-state index in [1.54, 1.807) is 11.8 Å². The van der Waals surface area contributed by atoms with Crippen molar-refractivity contribution in [1.29, 1.82) is 0 Å². The van der Waals surface area contributed by atoms with Crippen LogP contribution in [0.4, 0.5) is 0 Å². The van der Waals surface area contributed by atoms with E-state index in [9.17, 15) is 4.79 Å². The van der Waals surface area contributed by atoms with Gasteiger partial charge in [0.1, 0.15) is 12.4 Å². The normalized spacial score (nSPS) is 17.3. The first-order valence-corrected chi connectivity index (χ1v) is 11.3. The highest BCUT2D eigenvalue weighted by atomic mass is 16.5. The van der Waals surface area contributed by atoms with Crippen LogP contribution in [0.3, 0.4) is 0 Å². The summed E-state index contributed by atoms with van der Waals surface area (Å²) in [6.45, 7) is 2.07. The van der Waals surface area contributed by atoms with Gasteiger partial charge in [-0.1, -0.05) is 12.1 Å². The van der Waals surface area contributed by atoms with Gasteiger partial charge in [-0.3, -0.25) is 9.48 Å². The molecular formula is C25H32N4O3. The molecule has 0 bridgehead atoms. The van der Waals surface area contributed by atoms with Gasteiger partial charge in [-0.2, -0.15) is 10.1 Å². The Hall–Kier alpha value is -2.93. The highest BCUT2D eigenvalue weighted by molar-refractivity contribution is 5.83. The van der Waals surface area contributed by atoms with Crippen LogP contribution in [0.5, 0.6) is 11.6 Å². The number of pyridine rings is 1. The Bertz CT molecular complexity index is 1100. The molecule has 1 aromatic carbocycles. The second-order valence-corrected chi connectivity index (χ2v) is 8.50. The number of hydrogen-bond donors (Lipinski definition) is 1. The molecule has 2 aromatic heterocycles. The van der Waals surface area contributed by atoms with Gasteiger partial charge in [-0.05, 0) is 68.8 Å². The average Bonchev–Trinajstić information content (AvgIpc) is 3.61. The number of hydrogen-bond acceptors (Lipinski definition) is 6. The topological polar surface area (TPSA) is 78.3 Å². The van der Waals surface area contributed by atoms with Gasteiger partial charge < -0.3 is 14.8 Å². The van der Waals surface area contributed by atoms with Crippen LogP contribution in [0.1, 0.15) is 60.0 Å². The predicted molar refractivity (Wildman–Crippen MR) is 125 cm³/mol. The van der Waals surface area contributed by atoms with Crippen LogP contribution in [-0.2, 0) is 18.3 Å². The van der Waals surface area contributed by atoms with Gasteiger partial charge >= 0.3 is 0 Å². The number of aldehydes is 1. The summed E-state index contributed by atoms with van der Waals surface area (Å²) < 4.78 is 12.4. The molecule has 0 amide bonds. The number of ether oxygens (including phenoxy) is 2. The van der Waals surface area contributed by atoms with Gasteiger partial charge in [-0.25, -0.2) is 0 Å². The van der Waals surface area contributed by atoms with Crippen LogP contribution in [-0.4, -0.2) is 41.8 Å².